The molecule has 0 fully saturated rings. The van der Waals surface area contributed by atoms with Gasteiger partial charge in [-0.3, -0.25) is 14.7 Å². The molecule has 0 saturated carbocycles. The number of rotatable bonds is 14. The topological polar surface area (TPSA) is 124 Å². The van der Waals surface area contributed by atoms with Crippen molar-refractivity contribution in [3.8, 4) is 0 Å². The number of nitro groups is 1. The van der Waals surface area contributed by atoms with Crippen molar-refractivity contribution in [1.82, 2.24) is 0 Å². The van der Waals surface area contributed by atoms with Crippen LogP contribution in [0.5, 0.6) is 0 Å². The highest BCUT2D eigenvalue weighted by Gasteiger charge is 2.24. The summed E-state index contributed by atoms with van der Waals surface area (Å²) in [7, 11) is -4.44. The predicted octanol–water partition coefficient (Wildman–Crippen LogP) is 7.61. The van der Waals surface area contributed by atoms with Crippen LogP contribution in [0.4, 0.5) is 5.69 Å². The molecule has 0 heterocycles. The lowest BCUT2D eigenvalue weighted by molar-refractivity contribution is -0.384. The van der Waals surface area contributed by atoms with Gasteiger partial charge < -0.3 is 5.73 Å². The van der Waals surface area contributed by atoms with Crippen molar-refractivity contribution < 1.29 is 17.9 Å². The van der Waals surface area contributed by atoms with Crippen molar-refractivity contribution in [1.29, 1.82) is 0 Å². The minimum Gasteiger partial charge on any atom is -0.325 e. The van der Waals surface area contributed by atoms with E-state index in [1.807, 2.05) is 0 Å². The third kappa shape index (κ3) is 12.8. The summed E-state index contributed by atoms with van der Waals surface area (Å²) in [6, 6.07) is 13.5. The van der Waals surface area contributed by atoms with Crippen LogP contribution in [0.3, 0.4) is 0 Å². The number of nitrogens with two attached hydrogens (primary N) is 1. The van der Waals surface area contributed by atoms with Gasteiger partial charge in [-0.1, -0.05) is 100 Å². The van der Waals surface area contributed by atoms with E-state index >= 15 is 0 Å². The van der Waals surface area contributed by atoms with Gasteiger partial charge in [-0.2, -0.15) is 8.42 Å². The molecule has 9 heteroatoms. The quantitative estimate of drug-likeness (QED) is 0.110. The van der Waals surface area contributed by atoms with Crippen LogP contribution in [-0.2, 0) is 16.5 Å². The number of nitrogens with zero attached hydrogens (tertiary/aromatic N) is 1. The Bertz CT molecular complexity index is 1020. The molecule has 0 aliphatic heterocycles. The number of halogens is 1. The zero-order chi connectivity index (χ0) is 27.2. The lowest BCUT2D eigenvalue weighted by Crippen LogP contribution is -2.42. The van der Waals surface area contributed by atoms with Crippen LogP contribution in [0.15, 0.2) is 53.4 Å². The molecule has 3 N–H and O–H groups in total. The summed E-state index contributed by atoms with van der Waals surface area (Å²) >= 11 is 5.42. The summed E-state index contributed by atoms with van der Waals surface area (Å²) in [4.78, 5) is 8.95. The average Bonchev–Trinajstić information content (AvgIpc) is 2.80. The molecule has 2 aromatic rings. The van der Waals surface area contributed by atoms with Crippen LogP contribution in [0.25, 0.3) is 0 Å². The van der Waals surface area contributed by atoms with Crippen LogP contribution in [-0.4, -0.2) is 23.4 Å². The maximum absolute atomic E-state index is 10.6. The molecular formula is C27H41ClN2O5S. The smallest absolute Gasteiger partial charge is 0.294 e. The fraction of sp³-hybridized carbons (Fsp3) is 0.556. The number of hydrogen-bond donors (Lipinski definition) is 2. The molecule has 2 aromatic carbocycles. The normalized spacial score (nSPS) is 12.5. The van der Waals surface area contributed by atoms with Crippen LogP contribution < -0.4 is 5.73 Å². The highest BCUT2D eigenvalue weighted by Crippen LogP contribution is 2.27. The molecule has 202 valence electrons. The zero-order valence-electron chi connectivity index (χ0n) is 21.7. The van der Waals surface area contributed by atoms with Gasteiger partial charge >= 0.3 is 0 Å². The third-order valence-electron chi connectivity index (χ3n) is 6.20. The van der Waals surface area contributed by atoms with E-state index < -0.39 is 25.6 Å². The van der Waals surface area contributed by atoms with Gasteiger partial charge in [0, 0.05) is 11.6 Å². The molecule has 0 saturated heterocycles. The predicted molar refractivity (Wildman–Crippen MR) is 147 cm³/mol. The molecular weight excluding hydrogens is 500 g/mol. The Morgan fingerprint density at radius 1 is 1.00 bits per heavy atom. The van der Waals surface area contributed by atoms with E-state index in [1.54, 1.807) is 0 Å². The standard InChI is InChI=1S/C21H37N.C6H4ClNO5S/c1-4-5-6-7-8-9-10-14-17-20(21(2,3)22)18-19-15-12-11-13-16-19;7-5-2-1-4(14(11,12)13)3-6(5)8(9)10/h11-13,15-16,20H,4-10,14,17-18,22H2,1-3H3;1-3H,(H,11,12,13). The van der Waals surface area contributed by atoms with E-state index in [4.69, 9.17) is 21.9 Å². The number of hydrogen-bond acceptors (Lipinski definition) is 5. The van der Waals surface area contributed by atoms with Crippen molar-refractivity contribution in [2.75, 3.05) is 0 Å². The van der Waals surface area contributed by atoms with Gasteiger partial charge in [-0.25, -0.2) is 0 Å². The van der Waals surface area contributed by atoms with Crippen molar-refractivity contribution >= 4 is 27.4 Å². The number of unbranched alkanes of at least 4 members (excludes halogenated alkanes) is 7. The largest absolute Gasteiger partial charge is 0.325 e. The maximum Gasteiger partial charge on any atom is 0.294 e. The Morgan fingerprint density at radius 3 is 2.06 bits per heavy atom. The van der Waals surface area contributed by atoms with Gasteiger partial charge in [-0.05, 0) is 50.3 Å². The van der Waals surface area contributed by atoms with Crippen molar-refractivity contribution in [3.05, 3.63) is 69.2 Å². The van der Waals surface area contributed by atoms with E-state index in [1.165, 1.54) is 63.4 Å². The molecule has 0 amide bonds. The van der Waals surface area contributed by atoms with Crippen LogP contribution >= 0.6 is 11.6 Å². The van der Waals surface area contributed by atoms with Crippen molar-refractivity contribution in [2.24, 2.45) is 11.7 Å². The van der Waals surface area contributed by atoms with E-state index in [0.717, 1.165) is 18.6 Å². The summed E-state index contributed by atoms with van der Waals surface area (Å²) in [5.41, 5.74) is 7.19. The van der Waals surface area contributed by atoms with Gasteiger partial charge in [0.2, 0.25) is 0 Å². The van der Waals surface area contributed by atoms with Gasteiger partial charge in [-0.15, -0.1) is 0 Å². The highest BCUT2D eigenvalue weighted by molar-refractivity contribution is 7.85. The SMILES string of the molecule is CCCCCCCCCCC(Cc1ccccc1)C(C)(C)N.O=[N+]([O-])c1cc(S(=O)(=O)O)ccc1Cl. The van der Waals surface area contributed by atoms with Crippen LogP contribution in [0, 0.1) is 16.0 Å². The molecule has 7 nitrogen and oxygen atoms in total. The molecule has 1 unspecified atom stereocenters. The molecule has 0 spiro atoms. The second-order valence-electron chi connectivity index (χ2n) is 9.82. The first-order valence-electron chi connectivity index (χ1n) is 12.6. The van der Waals surface area contributed by atoms with Gasteiger partial charge in [0.15, 0.2) is 0 Å². The third-order valence-corrected chi connectivity index (χ3v) is 7.36. The van der Waals surface area contributed by atoms with Crippen molar-refractivity contribution in [3.63, 3.8) is 0 Å². The van der Waals surface area contributed by atoms with Gasteiger partial charge in [0.25, 0.3) is 15.8 Å². The Hall–Kier alpha value is -2.00. The zero-order valence-corrected chi connectivity index (χ0v) is 23.2. The Morgan fingerprint density at radius 2 is 1.56 bits per heavy atom. The molecule has 1 atom stereocenters. The number of nitro benzene ring substituents is 1. The second kappa shape index (κ2) is 16.0. The summed E-state index contributed by atoms with van der Waals surface area (Å²) in [5, 5.41) is 10.2. The summed E-state index contributed by atoms with van der Waals surface area (Å²) in [6.45, 7) is 6.65. The lowest BCUT2D eigenvalue weighted by Gasteiger charge is -2.31. The van der Waals surface area contributed by atoms with E-state index in [9.17, 15) is 18.5 Å². The second-order valence-corrected chi connectivity index (χ2v) is 11.6. The average molecular weight is 541 g/mol. The Labute approximate surface area is 221 Å². The highest BCUT2D eigenvalue weighted by atomic mass is 35.5. The monoisotopic (exact) mass is 540 g/mol. The summed E-state index contributed by atoms with van der Waals surface area (Å²) in [6.07, 6.45) is 13.5. The number of benzene rings is 2. The first kappa shape index (κ1) is 32.0. The molecule has 2 rings (SSSR count). The summed E-state index contributed by atoms with van der Waals surface area (Å²) < 4.78 is 29.8. The van der Waals surface area contributed by atoms with Gasteiger partial charge in [0.05, 0.1) is 4.92 Å². The minimum atomic E-state index is -4.44. The molecule has 0 aliphatic rings. The Balaban J connectivity index is 0.000000397. The fourth-order valence-electron chi connectivity index (χ4n) is 3.95. The molecule has 0 aromatic heterocycles. The molecule has 0 bridgehead atoms. The fourth-order valence-corrected chi connectivity index (χ4v) is 4.64. The first-order chi connectivity index (χ1) is 16.9. The maximum atomic E-state index is 10.6. The Kier molecular flexibility index (Phi) is 14.2. The van der Waals surface area contributed by atoms with E-state index in [-0.39, 0.29) is 10.6 Å². The lowest BCUT2D eigenvalue weighted by atomic mass is 9.80. The van der Waals surface area contributed by atoms with Crippen molar-refractivity contribution in [2.45, 2.75) is 95.4 Å². The summed E-state index contributed by atoms with van der Waals surface area (Å²) in [5.74, 6) is 0.579. The first-order valence-corrected chi connectivity index (χ1v) is 14.4. The minimum absolute atomic E-state index is 0.0863. The van der Waals surface area contributed by atoms with Gasteiger partial charge in [0.1, 0.15) is 9.92 Å². The van der Waals surface area contributed by atoms with Crippen LogP contribution in [0.2, 0.25) is 5.02 Å². The van der Waals surface area contributed by atoms with E-state index in [2.05, 4.69) is 51.1 Å². The molecule has 0 aliphatic carbocycles. The van der Waals surface area contributed by atoms with E-state index in [0.29, 0.717) is 12.0 Å². The van der Waals surface area contributed by atoms with Crippen LogP contribution in [0.1, 0.15) is 84.1 Å². The molecule has 36 heavy (non-hydrogen) atoms. The molecule has 0 radical (unpaired) electrons.